The van der Waals surface area contributed by atoms with Crippen LogP contribution in [0.25, 0.3) is 0 Å². The molecular weight excluding hydrogens is 340 g/mol. The lowest BCUT2D eigenvalue weighted by Gasteiger charge is -2.50. The zero-order valence-corrected chi connectivity index (χ0v) is 16.2. The van der Waals surface area contributed by atoms with Gasteiger partial charge in [0.25, 0.3) is 0 Å². The molecule has 7 nitrogen and oxygen atoms in total. The summed E-state index contributed by atoms with van der Waals surface area (Å²) >= 11 is 0. The largest absolute Gasteiger partial charge is 0.348 e. The second-order valence-electron chi connectivity index (χ2n) is 7.85. The zero-order valence-electron chi connectivity index (χ0n) is 16.2. The lowest BCUT2D eigenvalue weighted by molar-refractivity contribution is -0.135. The number of nitrogens with zero attached hydrogens (tertiary/aromatic N) is 5. The van der Waals surface area contributed by atoms with Crippen molar-refractivity contribution in [2.75, 3.05) is 26.2 Å². The molecule has 4 rings (SSSR count). The predicted molar refractivity (Wildman–Crippen MR) is 103 cm³/mol. The SMILES string of the molecule is CC(C)=CCN1CCc2[nH]cnc2C12CCN(C(=O)Cn1ccnc1)CC2. The average Bonchev–Trinajstić information content (AvgIpc) is 3.33. The highest BCUT2D eigenvalue weighted by Gasteiger charge is 2.46. The van der Waals surface area contributed by atoms with Gasteiger partial charge in [-0.2, -0.15) is 0 Å². The van der Waals surface area contributed by atoms with Crippen LogP contribution in [0.15, 0.2) is 36.7 Å². The molecule has 1 saturated heterocycles. The number of amides is 1. The van der Waals surface area contributed by atoms with E-state index >= 15 is 0 Å². The molecular formula is C20H28N6O. The maximum atomic E-state index is 12.7. The smallest absolute Gasteiger partial charge is 0.242 e. The number of carbonyl (C=O) groups excluding carboxylic acids is 1. The van der Waals surface area contributed by atoms with Crippen molar-refractivity contribution in [3.8, 4) is 0 Å². The molecule has 0 aliphatic carbocycles. The molecule has 4 heterocycles. The van der Waals surface area contributed by atoms with Gasteiger partial charge in [0.15, 0.2) is 0 Å². The van der Waals surface area contributed by atoms with Gasteiger partial charge in [0.05, 0.1) is 23.9 Å². The molecule has 2 aliphatic heterocycles. The number of hydrogen-bond acceptors (Lipinski definition) is 4. The summed E-state index contributed by atoms with van der Waals surface area (Å²) in [5.41, 5.74) is 3.73. The zero-order chi connectivity index (χ0) is 18.9. The van der Waals surface area contributed by atoms with Gasteiger partial charge in [-0.3, -0.25) is 9.69 Å². The summed E-state index contributed by atoms with van der Waals surface area (Å²) in [5.74, 6) is 0.164. The van der Waals surface area contributed by atoms with Gasteiger partial charge >= 0.3 is 0 Å². The second kappa shape index (κ2) is 7.31. The van der Waals surface area contributed by atoms with Crippen molar-refractivity contribution in [2.24, 2.45) is 0 Å². The first-order valence-corrected chi connectivity index (χ1v) is 9.73. The van der Waals surface area contributed by atoms with Crippen molar-refractivity contribution in [3.05, 3.63) is 48.1 Å². The third-order valence-electron chi connectivity index (χ3n) is 5.94. The minimum absolute atomic E-state index is 0.0642. The van der Waals surface area contributed by atoms with Crippen molar-refractivity contribution in [1.82, 2.24) is 29.3 Å². The van der Waals surface area contributed by atoms with Crippen molar-refractivity contribution in [3.63, 3.8) is 0 Å². The molecule has 0 unspecified atom stereocenters. The maximum absolute atomic E-state index is 12.7. The minimum atomic E-state index is -0.0642. The van der Waals surface area contributed by atoms with Crippen LogP contribution in [0.4, 0.5) is 0 Å². The summed E-state index contributed by atoms with van der Waals surface area (Å²) in [7, 11) is 0. The number of nitrogens with one attached hydrogen (secondary N) is 1. The van der Waals surface area contributed by atoms with E-state index in [1.807, 2.05) is 22.0 Å². The summed E-state index contributed by atoms with van der Waals surface area (Å²) in [6.07, 6.45) is 12.2. The first-order valence-electron chi connectivity index (χ1n) is 9.73. The number of piperidine rings is 1. The van der Waals surface area contributed by atoms with E-state index in [1.54, 1.807) is 12.5 Å². The van der Waals surface area contributed by atoms with Gasteiger partial charge in [0.1, 0.15) is 6.54 Å². The van der Waals surface area contributed by atoms with Crippen LogP contribution in [0.2, 0.25) is 0 Å². The Labute approximate surface area is 160 Å². The van der Waals surface area contributed by atoms with Gasteiger partial charge in [-0.1, -0.05) is 11.6 Å². The highest BCUT2D eigenvalue weighted by Crippen LogP contribution is 2.42. The van der Waals surface area contributed by atoms with E-state index in [2.05, 4.69) is 34.8 Å². The fraction of sp³-hybridized carbons (Fsp3) is 0.550. The first kappa shape index (κ1) is 18.0. The van der Waals surface area contributed by atoms with Crippen molar-refractivity contribution in [2.45, 2.75) is 45.2 Å². The van der Waals surface area contributed by atoms with E-state index in [0.29, 0.717) is 6.54 Å². The summed E-state index contributed by atoms with van der Waals surface area (Å²) < 4.78 is 1.83. The Bertz CT molecular complexity index is 809. The predicted octanol–water partition coefficient (Wildman–Crippen LogP) is 1.95. The Morgan fingerprint density at radius 3 is 2.81 bits per heavy atom. The van der Waals surface area contributed by atoms with Gasteiger partial charge in [0.2, 0.25) is 5.91 Å². The summed E-state index contributed by atoms with van der Waals surface area (Å²) in [4.78, 5) is 29.3. The Hall–Kier alpha value is -2.41. The summed E-state index contributed by atoms with van der Waals surface area (Å²) in [6.45, 7) is 8.17. The van der Waals surface area contributed by atoms with Crippen LogP contribution in [-0.4, -0.2) is 61.4 Å². The Kier molecular flexibility index (Phi) is 4.86. The highest BCUT2D eigenvalue weighted by atomic mass is 16.2. The van der Waals surface area contributed by atoms with Crippen LogP contribution in [0.1, 0.15) is 38.1 Å². The number of H-pyrrole nitrogens is 1. The third kappa shape index (κ3) is 3.43. The number of imidazole rings is 2. The lowest BCUT2D eigenvalue weighted by Crippen LogP contribution is -2.57. The Morgan fingerprint density at radius 1 is 1.30 bits per heavy atom. The molecule has 0 aromatic carbocycles. The van der Waals surface area contributed by atoms with E-state index in [4.69, 9.17) is 4.98 Å². The Morgan fingerprint density at radius 2 is 2.11 bits per heavy atom. The van der Waals surface area contributed by atoms with Gasteiger partial charge < -0.3 is 14.5 Å². The van der Waals surface area contributed by atoms with Crippen LogP contribution in [0, 0.1) is 0 Å². The lowest BCUT2D eigenvalue weighted by atomic mass is 9.78. The molecule has 7 heteroatoms. The molecule has 0 radical (unpaired) electrons. The number of likely N-dealkylation sites (tertiary alicyclic amines) is 1. The Balaban J connectivity index is 1.51. The molecule has 2 aromatic heterocycles. The monoisotopic (exact) mass is 368 g/mol. The topological polar surface area (TPSA) is 70.1 Å². The van der Waals surface area contributed by atoms with E-state index in [1.165, 1.54) is 17.0 Å². The van der Waals surface area contributed by atoms with Crippen LogP contribution in [0.3, 0.4) is 0 Å². The van der Waals surface area contributed by atoms with Gasteiger partial charge in [-0.05, 0) is 26.7 Å². The van der Waals surface area contributed by atoms with Crippen molar-refractivity contribution < 1.29 is 4.79 Å². The van der Waals surface area contributed by atoms with E-state index in [0.717, 1.165) is 45.4 Å². The second-order valence-corrected chi connectivity index (χ2v) is 7.85. The van der Waals surface area contributed by atoms with Gasteiger partial charge in [0, 0.05) is 50.7 Å². The molecule has 1 fully saturated rings. The molecule has 2 aliphatic rings. The number of hydrogen-bond donors (Lipinski definition) is 1. The number of aromatic amines is 1. The number of fused-ring (bicyclic) bond motifs is 2. The standard InChI is InChI=1S/C20H28N6O/c1-16(2)3-8-26-9-4-17-19(23-14-22-17)20(26)5-10-25(11-6-20)18(27)13-24-12-7-21-15-24/h3,7,12,14-15H,4-6,8-11,13H2,1-2H3,(H,22,23). The molecule has 27 heavy (non-hydrogen) atoms. The highest BCUT2D eigenvalue weighted by molar-refractivity contribution is 5.76. The number of aromatic nitrogens is 4. The van der Waals surface area contributed by atoms with E-state index in [-0.39, 0.29) is 11.4 Å². The molecule has 1 amide bonds. The number of allylic oxidation sites excluding steroid dienone is 1. The molecule has 1 spiro atoms. The quantitative estimate of drug-likeness (QED) is 0.838. The average molecular weight is 368 g/mol. The summed E-state index contributed by atoms with van der Waals surface area (Å²) in [6, 6.07) is 0. The van der Waals surface area contributed by atoms with Gasteiger partial charge in [-0.25, -0.2) is 9.97 Å². The fourth-order valence-corrected chi connectivity index (χ4v) is 4.40. The number of carbonyl (C=O) groups is 1. The van der Waals surface area contributed by atoms with E-state index in [9.17, 15) is 4.79 Å². The molecule has 0 saturated carbocycles. The number of rotatable bonds is 4. The maximum Gasteiger partial charge on any atom is 0.242 e. The van der Waals surface area contributed by atoms with Crippen LogP contribution < -0.4 is 0 Å². The molecule has 0 bridgehead atoms. The van der Waals surface area contributed by atoms with Crippen molar-refractivity contribution in [1.29, 1.82) is 0 Å². The third-order valence-corrected chi connectivity index (χ3v) is 5.94. The molecule has 144 valence electrons. The first-order chi connectivity index (χ1) is 13.1. The molecule has 1 N–H and O–H groups in total. The molecule has 0 atom stereocenters. The molecule has 2 aromatic rings. The van der Waals surface area contributed by atoms with Crippen LogP contribution in [0.5, 0.6) is 0 Å². The minimum Gasteiger partial charge on any atom is -0.348 e. The van der Waals surface area contributed by atoms with Crippen molar-refractivity contribution >= 4 is 5.91 Å². The van der Waals surface area contributed by atoms with Crippen LogP contribution in [-0.2, 0) is 23.3 Å². The fourth-order valence-electron chi connectivity index (χ4n) is 4.40. The van der Waals surface area contributed by atoms with Gasteiger partial charge in [-0.15, -0.1) is 0 Å². The summed E-state index contributed by atoms with van der Waals surface area (Å²) in [5, 5.41) is 0. The van der Waals surface area contributed by atoms with Crippen LogP contribution >= 0.6 is 0 Å². The normalized spacial score (nSPS) is 19.1. The van der Waals surface area contributed by atoms with E-state index < -0.39 is 0 Å².